The van der Waals surface area contributed by atoms with Gasteiger partial charge in [0, 0.05) is 24.6 Å². The minimum Gasteiger partial charge on any atom is -0.493 e. The fourth-order valence-corrected chi connectivity index (χ4v) is 3.01. The number of nitrogens with zero attached hydrogens (tertiary/aromatic N) is 1. The molecule has 0 radical (unpaired) electrons. The highest BCUT2D eigenvalue weighted by molar-refractivity contribution is 5.95. The van der Waals surface area contributed by atoms with Crippen molar-refractivity contribution in [3.63, 3.8) is 0 Å². The minimum absolute atomic E-state index is 0.0796. The monoisotopic (exact) mass is 324 g/mol. The van der Waals surface area contributed by atoms with Crippen LogP contribution in [0.4, 0.5) is 0 Å². The van der Waals surface area contributed by atoms with E-state index in [1.807, 2.05) is 48.5 Å². The average molecular weight is 324 g/mol. The predicted octanol–water partition coefficient (Wildman–Crippen LogP) is 1.94. The van der Waals surface area contributed by atoms with E-state index in [2.05, 4.69) is 0 Å². The summed E-state index contributed by atoms with van der Waals surface area (Å²) in [5.74, 6) is -0.214. The maximum Gasteiger partial charge on any atom is 0.253 e. The summed E-state index contributed by atoms with van der Waals surface area (Å²) in [6, 6.07) is 18.5. The molecule has 2 amide bonds. The van der Waals surface area contributed by atoms with Crippen LogP contribution in [0.15, 0.2) is 60.7 Å². The van der Waals surface area contributed by atoms with Crippen LogP contribution < -0.4 is 10.5 Å². The van der Waals surface area contributed by atoms with Crippen molar-refractivity contribution in [3.05, 3.63) is 66.2 Å². The van der Waals surface area contributed by atoms with Gasteiger partial charge in [-0.25, -0.2) is 0 Å². The second kappa shape index (κ2) is 7.17. The highest BCUT2D eigenvalue weighted by Gasteiger charge is 2.39. The Balaban J connectivity index is 1.68. The fourth-order valence-electron chi connectivity index (χ4n) is 3.01. The molecule has 0 unspecified atom stereocenters. The largest absolute Gasteiger partial charge is 0.493 e. The molecule has 2 aromatic carbocycles. The Kier molecular flexibility index (Phi) is 4.79. The highest BCUT2D eigenvalue weighted by Crippen LogP contribution is 2.26. The van der Waals surface area contributed by atoms with Crippen molar-refractivity contribution >= 4 is 11.8 Å². The molecule has 0 bridgehead atoms. The SMILES string of the molecule is NC(=O)[C@@H]1CN(C(=O)c2ccccc2)C[C@H]1COc1ccccc1. The number of likely N-dealkylation sites (tertiary alicyclic amines) is 1. The van der Waals surface area contributed by atoms with Gasteiger partial charge in [0.15, 0.2) is 0 Å². The number of para-hydroxylation sites is 1. The lowest BCUT2D eigenvalue weighted by molar-refractivity contribution is -0.122. The molecule has 0 aliphatic carbocycles. The van der Waals surface area contributed by atoms with Crippen molar-refractivity contribution in [1.82, 2.24) is 4.90 Å². The molecule has 2 N–H and O–H groups in total. The van der Waals surface area contributed by atoms with E-state index in [0.717, 1.165) is 5.75 Å². The molecule has 0 aromatic heterocycles. The average Bonchev–Trinajstić information content (AvgIpc) is 3.05. The molecule has 0 spiro atoms. The van der Waals surface area contributed by atoms with Gasteiger partial charge in [-0.15, -0.1) is 0 Å². The third-order valence-corrected chi connectivity index (χ3v) is 4.32. The first-order valence-electron chi connectivity index (χ1n) is 7.96. The van der Waals surface area contributed by atoms with Gasteiger partial charge >= 0.3 is 0 Å². The van der Waals surface area contributed by atoms with Crippen LogP contribution in [0.3, 0.4) is 0 Å². The van der Waals surface area contributed by atoms with Gasteiger partial charge in [-0.05, 0) is 24.3 Å². The Morgan fingerprint density at radius 3 is 2.25 bits per heavy atom. The first-order chi connectivity index (χ1) is 11.6. The standard InChI is InChI=1S/C19H20N2O3/c20-18(22)17-12-21(19(23)14-7-3-1-4-8-14)11-15(17)13-24-16-9-5-2-6-10-16/h1-10,15,17H,11-13H2,(H2,20,22)/t15-,17+/m0/s1. The number of benzene rings is 2. The van der Waals surface area contributed by atoms with E-state index in [-0.39, 0.29) is 23.7 Å². The van der Waals surface area contributed by atoms with Crippen LogP contribution in [0.2, 0.25) is 0 Å². The van der Waals surface area contributed by atoms with Crippen molar-refractivity contribution in [2.75, 3.05) is 19.7 Å². The molecule has 5 heteroatoms. The third-order valence-electron chi connectivity index (χ3n) is 4.32. The van der Waals surface area contributed by atoms with Crippen molar-refractivity contribution in [1.29, 1.82) is 0 Å². The van der Waals surface area contributed by atoms with Crippen molar-refractivity contribution in [3.8, 4) is 5.75 Å². The summed E-state index contributed by atoms with van der Waals surface area (Å²) in [4.78, 5) is 26.0. The molecule has 124 valence electrons. The normalized spacial score (nSPS) is 19.9. The van der Waals surface area contributed by atoms with E-state index in [1.165, 1.54) is 0 Å². The molecule has 2 atom stereocenters. The van der Waals surface area contributed by atoms with Gasteiger partial charge in [0.1, 0.15) is 5.75 Å². The van der Waals surface area contributed by atoms with Gasteiger partial charge in [0.2, 0.25) is 5.91 Å². The second-order valence-corrected chi connectivity index (χ2v) is 5.97. The quantitative estimate of drug-likeness (QED) is 0.913. The van der Waals surface area contributed by atoms with E-state index in [1.54, 1.807) is 17.0 Å². The van der Waals surface area contributed by atoms with Crippen LogP contribution >= 0.6 is 0 Å². The molecular formula is C19H20N2O3. The van der Waals surface area contributed by atoms with E-state index < -0.39 is 0 Å². The lowest BCUT2D eigenvalue weighted by Crippen LogP contribution is -2.32. The molecule has 3 rings (SSSR count). The van der Waals surface area contributed by atoms with E-state index in [9.17, 15) is 9.59 Å². The van der Waals surface area contributed by atoms with Crippen LogP contribution in [-0.4, -0.2) is 36.4 Å². The molecule has 0 saturated carbocycles. The minimum atomic E-state index is -0.389. The van der Waals surface area contributed by atoms with Crippen LogP contribution in [0.1, 0.15) is 10.4 Å². The Morgan fingerprint density at radius 1 is 1.00 bits per heavy atom. The Morgan fingerprint density at radius 2 is 1.62 bits per heavy atom. The third kappa shape index (κ3) is 3.56. The zero-order valence-corrected chi connectivity index (χ0v) is 13.3. The summed E-state index contributed by atoms with van der Waals surface area (Å²) >= 11 is 0. The van der Waals surface area contributed by atoms with Gasteiger partial charge in [0.25, 0.3) is 5.91 Å². The Bertz CT molecular complexity index is 703. The number of nitrogens with two attached hydrogens (primary N) is 1. The number of hydrogen-bond acceptors (Lipinski definition) is 3. The topological polar surface area (TPSA) is 72.6 Å². The Hall–Kier alpha value is -2.82. The number of amides is 2. The molecule has 5 nitrogen and oxygen atoms in total. The van der Waals surface area contributed by atoms with Gasteiger partial charge in [-0.1, -0.05) is 36.4 Å². The number of hydrogen-bond donors (Lipinski definition) is 1. The van der Waals surface area contributed by atoms with Crippen molar-refractivity contribution in [2.24, 2.45) is 17.6 Å². The summed E-state index contributed by atoms with van der Waals surface area (Å²) < 4.78 is 5.76. The summed E-state index contributed by atoms with van der Waals surface area (Å²) in [5, 5.41) is 0. The number of carbonyl (C=O) groups is 2. The van der Waals surface area contributed by atoms with E-state index in [0.29, 0.717) is 25.3 Å². The molecule has 1 aliphatic rings. The molecule has 1 saturated heterocycles. The number of primary amides is 1. The fraction of sp³-hybridized carbons (Fsp3) is 0.263. The lowest BCUT2D eigenvalue weighted by atomic mass is 9.96. The van der Waals surface area contributed by atoms with Crippen LogP contribution in [-0.2, 0) is 4.79 Å². The van der Waals surface area contributed by atoms with Crippen LogP contribution in [0.5, 0.6) is 5.75 Å². The molecule has 1 aliphatic heterocycles. The molecular weight excluding hydrogens is 304 g/mol. The number of ether oxygens (including phenoxy) is 1. The van der Waals surface area contributed by atoms with Crippen molar-refractivity contribution < 1.29 is 14.3 Å². The smallest absolute Gasteiger partial charge is 0.253 e. The first kappa shape index (κ1) is 16.1. The molecule has 1 heterocycles. The first-order valence-corrected chi connectivity index (χ1v) is 7.96. The van der Waals surface area contributed by atoms with Crippen LogP contribution in [0, 0.1) is 11.8 Å². The highest BCUT2D eigenvalue weighted by atomic mass is 16.5. The van der Waals surface area contributed by atoms with E-state index in [4.69, 9.17) is 10.5 Å². The summed E-state index contributed by atoms with van der Waals surface area (Å²) in [5.41, 5.74) is 6.14. The maximum atomic E-state index is 12.6. The Labute approximate surface area is 141 Å². The molecule has 1 fully saturated rings. The van der Waals surface area contributed by atoms with Crippen LogP contribution in [0.25, 0.3) is 0 Å². The second-order valence-electron chi connectivity index (χ2n) is 5.97. The molecule has 24 heavy (non-hydrogen) atoms. The van der Waals surface area contributed by atoms with E-state index >= 15 is 0 Å². The summed E-state index contributed by atoms with van der Waals surface area (Å²) in [6.45, 7) is 1.16. The van der Waals surface area contributed by atoms with Crippen molar-refractivity contribution in [2.45, 2.75) is 0 Å². The summed E-state index contributed by atoms with van der Waals surface area (Å²) in [7, 11) is 0. The predicted molar refractivity (Wildman–Crippen MR) is 90.5 cm³/mol. The van der Waals surface area contributed by atoms with Gasteiger partial charge in [-0.3, -0.25) is 9.59 Å². The zero-order chi connectivity index (χ0) is 16.9. The van der Waals surface area contributed by atoms with Gasteiger partial charge in [0.05, 0.1) is 12.5 Å². The van der Waals surface area contributed by atoms with Gasteiger partial charge in [-0.2, -0.15) is 0 Å². The van der Waals surface area contributed by atoms with Gasteiger partial charge < -0.3 is 15.4 Å². The zero-order valence-electron chi connectivity index (χ0n) is 13.3. The molecule has 2 aromatic rings. The lowest BCUT2D eigenvalue weighted by Gasteiger charge is -2.17. The number of carbonyl (C=O) groups excluding carboxylic acids is 2. The maximum absolute atomic E-state index is 12.6. The summed E-state index contributed by atoms with van der Waals surface area (Å²) in [6.07, 6.45) is 0. The number of rotatable bonds is 5.